The molecule has 0 aliphatic carbocycles. The molecule has 18 heavy (non-hydrogen) atoms. The number of hydrogen-bond donors (Lipinski definition) is 2. The monoisotopic (exact) mass is 251 g/mol. The van der Waals surface area contributed by atoms with Gasteiger partial charge in [0.2, 0.25) is 0 Å². The summed E-state index contributed by atoms with van der Waals surface area (Å²) in [4.78, 5) is 0. The van der Waals surface area contributed by atoms with E-state index in [0.29, 0.717) is 17.8 Å². The summed E-state index contributed by atoms with van der Waals surface area (Å²) in [5, 5.41) is 12.8. The summed E-state index contributed by atoms with van der Waals surface area (Å²) in [5.41, 5.74) is 1.26. The Morgan fingerprint density at radius 1 is 1.17 bits per heavy atom. The van der Waals surface area contributed by atoms with Crippen molar-refractivity contribution in [3.63, 3.8) is 0 Å². The van der Waals surface area contributed by atoms with Crippen molar-refractivity contribution in [3.05, 3.63) is 29.8 Å². The zero-order valence-corrected chi connectivity index (χ0v) is 11.8. The summed E-state index contributed by atoms with van der Waals surface area (Å²) in [5.74, 6) is 0.326. The van der Waals surface area contributed by atoms with Crippen LogP contribution in [0.15, 0.2) is 24.3 Å². The van der Waals surface area contributed by atoms with Gasteiger partial charge in [-0.15, -0.1) is 0 Å². The fourth-order valence-corrected chi connectivity index (χ4v) is 1.92. The molecule has 102 valence electrons. The fraction of sp³-hybridized carbons (Fsp3) is 0.600. The smallest absolute Gasteiger partial charge is 0.115 e. The van der Waals surface area contributed by atoms with E-state index in [0.717, 1.165) is 12.8 Å². The molecule has 0 radical (unpaired) electrons. The van der Waals surface area contributed by atoms with Gasteiger partial charge in [-0.1, -0.05) is 12.1 Å². The van der Waals surface area contributed by atoms with Crippen molar-refractivity contribution in [2.75, 3.05) is 7.11 Å². The number of ether oxygens (including phenoxy) is 1. The number of phenolic OH excluding ortho intramolecular Hbond substituents is 1. The van der Waals surface area contributed by atoms with E-state index in [1.165, 1.54) is 5.56 Å². The zero-order valence-electron chi connectivity index (χ0n) is 11.8. The molecule has 0 spiro atoms. The van der Waals surface area contributed by atoms with Crippen LogP contribution in [0.2, 0.25) is 0 Å². The molecule has 0 saturated heterocycles. The number of aryl methyl sites for hydroxylation is 1. The van der Waals surface area contributed by atoms with Gasteiger partial charge in [-0.25, -0.2) is 0 Å². The van der Waals surface area contributed by atoms with Crippen molar-refractivity contribution in [1.82, 2.24) is 5.32 Å². The van der Waals surface area contributed by atoms with Crippen molar-refractivity contribution in [2.24, 2.45) is 0 Å². The van der Waals surface area contributed by atoms with Crippen molar-refractivity contribution in [2.45, 2.75) is 51.8 Å². The van der Waals surface area contributed by atoms with Crippen LogP contribution in [0.4, 0.5) is 0 Å². The number of phenols is 1. The van der Waals surface area contributed by atoms with Crippen LogP contribution < -0.4 is 5.32 Å². The van der Waals surface area contributed by atoms with Crippen molar-refractivity contribution < 1.29 is 9.84 Å². The summed E-state index contributed by atoms with van der Waals surface area (Å²) in [7, 11) is 1.74. The first-order valence-electron chi connectivity index (χ1n) is 6.59. The van der Waals surface area contributed by atoms with Gasteiger partial charge >= 0.3 is 0 Å². The first-order chi connectivity index (χ1) is 8.52. The normalized spacial score (nSPS) is 16.2. The molecule has 1 rings (SSSR count). The van der Waals surface area contributed by atoms with Crippen LogP contribution in [-0.4, -0.2) is 30.4 Å². The molecule has 0 saturated carbocycles. The maximum atomic E-state index is 9.22. The lowest BCUT2D eigenvalue weighted by Gasteiger charge is -2.24. The molecule has 0 aliphatic rings. The van der Waals surface area contributed by atoms with Crippen LogP contribution in [0, 0.1) is 0 Å². The average molecular weight is 251 g/mol. The Labute approximate surface area is 110 Å². The molecular formula is C15H25NO2. The lowest BCUT2D eigenvalue weighted by Crippen LogP contribution is -2.42. The Balaban J connectivity index is 2.32. The fourth-order valence-electron chi connectivity index (χ4n) is 1.92. The van der Waals surface area contributed by atoms with Gasteiger partial charge in [-0.3, -0.25) is 0 Å². The van der Waals surface area contributed by atoms with Gasteiger partial charge in [0.05, 0.1) is 6.10 Å². The third-order valence-electron chi connectivity index (χ3n) is 3.43. The predicted octanol–water partition coefficient (Wildman–Crippen LogP) is 2.73. The lowest BCUT2D eigenvalue weighted by molar-refractivity contribution is 0.0848. The molecule has 2 N–H and O–H groups in total. The number of hydrogen-bond acceptors (Lipinski definition) is 3. The summed E-state index contributed by atoms with van der Waals surface area (Å²) in [6.45, 7) is 6.41. The second-order valence-corrected chi connectivity index (χ2v) is 5.00. The van der Waals surface area contributed by atoms with E-state index in [-0.39, 0.29) is 6.10 Å². The minimum atomic E-state index is 0.223. The van der Waals surface area contributed by atoms with Gasteiger partial charge < -0.3 is 15.2 Å². The quantitative estimate of drug-likeness (QED) is 0.783. The van der Waals surface area contributed by atoms with Gasteiger partial charge in [-0.05, 0) is 51.3 Å². The summed E-state index contributed by atoms with van der Waals surface area (Å²) in [6.07, 6.45) is 2.31. The van der Waals surface area contributed by atoms with Gasteiger partial charge in [0.25, 0.3) is 0 Å². The highest BCUT2D eigenvalue weighted by atomic mass is 16.5. The SMILES string of the molecule is COC(C)C(C)NC(C)CCc1ccc(O)cc1. The molecule has 3 nitrogen and oxygen atoms in total. The number of methoxy groups -OCH3 is 1. The van der Waals surface area contributed by atoms with E-state index in [1.807, 2.05) is 12.1 Å². The standard InChI is InChI=1S/C15H25NO2/c1-11(16-12(2)13(3)18-4)5-6-14-7-9-15(17)10-8-14/h7-13,16-17H,5-6H2,1-4H3. The summed E-state index contributed by atoms with van der Waals surface area (Å²) < 4.78 is 5.30. The molecule has 0 amide bonds. The summed E-state index contributed by atoms with van der Waals surface area (Å²) in [6, 6.07) is 8.23. The molecule has 0 aromatic heterocycles. The van der Waals surface area contributed by atoms with E-state index < -0.39 is 0 Å². The Kier molecular flexibility index (Phi) is 6.16. The summed E-state index contributed by atoms with van der Waals surface area (Å²) >= 11 is 0. The van der Waals surface area contributed by atoms with Crippen LogP contribution >= 0.6 is 0 Å². The van der Waals surface area contributed by atoms with Crippen molar-refractivity contribution in [1.29, 1.82) is 0 Å². The highest BCUT2D eigenvalue weighted by Gasteiger charge is 2.13. The van der Waals surface area contributed by atoms with Crippen molar-refractivity contribution in [3.8, 4) is 5.75 Å². The Morgan fingerprint density at radius 2 is 1.78 bits per heavy atom. The molecule has 3 atom stereocenters. The largest absolute Gasteiger partial charge is 0.508 e. The molecule has 3 heteroatoms. The zero-order chi connectivity index (χ0) is 13.5. The Morgan fingerprint density at radius 3 is 2.33 bits per heavy atom. The van der Waals surface area contributed by atoms with Crippen LogP contribution in [0.1, 0.15) is 32.8 Å². The molecule has 0 aliphatic heterocycles. The minimum Gasteiger partial charge on any atom is -0.508 e. The van der Waals surface area contributed by atoms with E-state index in [1.54, 1.807) is 19.2 Å². The third-order valence-corrected chi connectivity index (χ3v) is 3.43. The first kappa shape index (κ1) is 15.0. The van der Waals surface area contributed by atoms with Crippen LogP contribution in [0.5, 0.6) is 5.75 Å². The van der Waals surface area contributed by atoms with Gasteiger partial charge in [0, 0.05) is 19.2 Å². The number of aromatic hydroxyl groups is 1. The number of benzene rings is 1. The average Bonchev–Trinajstić information content (AvgIpc) is 2.37. The Bertz CT molecular complexity index is 337. The highest BCUT2D eigenvalue weighted by Crippen LogP contribution is 2.12. The minimum absolute atomic E-state index is 0.223. The topological polar surface area (TPSA) is 41.5 Å². The molecule has 1 aromatic rings. The first-order valence-corrected chi connectivity index (χ1v) is 6.59. The second-order valence-electron chi connectivity index (χ2n) is 5.00. The highest BCUT2D eigenvalue weighted by molar-refractivity contribution is 5.25. The second kappa shape index (κ2) is 7.39. The van der Waals surface area contributed by atoms with Gasteiger partial charge in [0.1, 0.15) is 5.75 Å². The lowest BCUT2D eigenvalue weighted by atomic mass is 10.0. The van der Waals surface area contributed by atoms with Crippen LogP contribution in [0.3, 0.4) is 0 Å². The number of rotatable bonds is 7. The molecular weight excluding hydrogens is 226 g/mol. The molecule has 1 aromatic carbocycles. The Hall–Kier alpha value is -1.06. The van der Waals surface area contributed by atoms with E-state index in [2.05, 4.69) is 26.1 Å². The predicted molar refractivity (Wildman–Crippen MR) is 75.0 cm³/mol. The van der Waals surface area contributed by atoms with E-state index >= 15 is 0 Å². The number of nitrogens with one attached hydrogen (secondary N) is 1. The maximum absolute atomic E-state index is 9.22. The molecule has 0 heterocycles. The van der Waals surface area contributed by atoms with Crippen LogP contribution in [-0.2, 0) is 11.2 Å². The molecule has 0 bridgehead atoms. The van der Waals surface area contributed by atoms with Crippen LogP contribution in [0.25, 0.3) is 0 Å². The molecule has 3 unspecified atom stereocenters. The van der Waals surface area contributed by atoms with Gasteiger partial charge in [0.15, 0.2) is 0 Å². The van der Waals surface area contributed by atoms with E-state index in [9.17, 15) is 5.11 Å². The van der Waals surface area contributed by atoms with Crippen molar-refractivity contribution >= 4 is 0 Å². The van der Waals surface area contributed by atoms with E-state index in [4.69, 9.17) is 4.74 Å². The van der Waals surface area contributed by atoms with Gasteiger partial charge in [-0.2, -0.15) is 0 Å². The molecule has 0 fully saturated rings. The maximum Gasteiger partial charge on any atom is 0.115 e. The third kappa shape index (κ3) is 5.07.